The molecule has 1 atom stereocenters. The van der Waals surface area contributed by atoms with Crippen LogP contribution < -0.4 is 10.1 Å². The lowest BCUT2D eigenvalue weighted by Gasteiger charge is -2.14. The first-order valence-electron chi connectivity index (χ1n) is 9.74. The maximum Gasteiger partial charge on any atom is 0.251 e. The number of nitrogens with one attached hydrogen (secondary N) is 1. The Morgan fingerprint density at radius 2 is 2.03 bits per heavy atom. The predicted molar refractivity (Wildman–Crippen MR) is 107 cm³/mol. The number of methoxy groups -OCH3 is 1. The number of nitrogens with zero attached hydrogens (tertiary/aromatic N) is 3. The van der Waals surface area contributed by atoms with Crippen LogP contribution in [0, 0.1) is 11.6 Å². The van der Waals surface area contributed by atoms with Gasteiger partial charge in [-0.3, -0.25) is 9.48 Å². The van der Waals surface area contributed by atoms with E-state index < -0.39 is 11.6 Å². The zero-order chi connectivity index (χ0) is 21.4. The van der Waals surface area contributed by atoms with Gasteiger partial charge in [-0.2, -0.15) is 5.10 Å². The topological polar surface area (TPSA) is 69.0 Å². The zero-order valence-corrected chi connectivity index (χ0v) is 16.9. The Bertz CT molecular complexity index is 1110. The van der Waals surface area contributed by atoms with Crippen LogP contribution in [0.25, 0.3) is 11.3 Å². The highest BCUT2D eigenvalue weighted by molar-refractivity contribution is 5.94. The smallest absolute Gasteiger partial charge is 0.251 e. The van der Waals surface area contributed by atoms with Crippen molar-refractivity contribution >= 4 is 5.91 Å². The summed E-state index contributed by atoms with van der Waals surface area (Å²) >= 11 is 0. The normalized spacial score (nSPS) is 15.3. The van der Waals surface area contributed by atoms with E-state index in [-0.39, 0.29) is 34.9 Å². The lowest BCUT2D eigenvalue weighted by atomic mass is 10.00. The average Bonchev–Trinajstić information content (AvgIpc) is 3.29. The molecule has 0 fully saturated rings. The van der Waals surface area contributed by atoms with Crippen molar-refractivity contribution in [1.29, 1.82) is 0 Å². The fourth-order valence-corrected chi connectivity index (χ4v) is 3.61. The second-order valence-electron chi connectivity index (χ2n) is 7.63. The van der Waals surface area contributed by atoms with Crippen LogP contribution >= 0.6 is 0 Å². The van der Waals surface area contributed by atoms with Crippen molar-refractivity contribution in [1.82, 2.24) is 20.1 Å². The summed E-state index contributed by atoms with van der Waals surface area (Å²) in [7, 11) is 1.46. The fraction of sp³-hybridized carbons (Fsp3) is 0.318. The molecule has 1 N–H and O–H groups in total. The minimum Gasteiger partial charge on any atom is -0.481 e. The molecular weight excluding hydrogens is 390 g/mol. The van der Waals surface area contributed by atoms with Gasteiger partial charge in [0.15, 0.2) is 5.82 Å². The van der Waals surface area contributed by atoms with Gasteiger partial charge in [-0.15, -0.1) is 0 Å². The first-order chi connectivity index (χ1) is 14.4. The molecule has 1 aromatic carbocycles. The Balaban J connectivity index is 1.58. The molecule has 0 radical (unpaired) electrons. The summed E-state index contributed by atoms with van der Waals surface area (Å²) in [5, 5.41) is 7.41. The number of aryl methyl sites for hydroxylation is 1. The van der Waals surface area contributed by atoms with Gasteiger partial charge < -0.3 is 10.1 Å². The van der Waals surface area contributed by atoms with Crippen LogP contribution in [0.3, 0.4) is 0 Å². The molecule has 2 aromatic heterocycles. The van der Waals surface area contributed by atoms with Crippen LogP contribution in [0.1, 0.15) is 53.8 Å². The van der Waals surface area contributed by atoms with Gasteiger partial charge in [-0.1, -0.05) is 13.8 Å². The molecule has 0 saturated heterocycles. The van der Waals surface area contributed by atoms with Crippen LogP contribution in [0.5, 0.6) is 5.88 Å². The van der Waals surface area contributed by atoms with Gasteiger partial charge in [0, 0.05) is 23.7 Å². The molecule has 1 aliphatic heterocycles. The summed E-state index contributed by atoms with van der Waals surface area (Å²) in [5.74, 6) is -0.901. The Hall–Kier alpha value is -3.29. The number of hydrogen-bond acceptors (Lipinski definition) is 4. The Kier molecular flexibility index (Phi) is 5.24. The zero-order valence-electron chi connectivity index (χ0n) is 16.9. The van der Waals surface area contributed by atoms with Crippen LogP contribution in [-0.4, -0.2) is 27.8 Å². The summed E-state index contributed by atoms with van der Waals surface area (Å²) in [5.41, 5.74) is 2.53. The standard InChI is InChI=1S/C22H22F2N4O2/c1-12(2)13-6-14(8-15(23)7-13)22(29)26-18-4-5-28-20(18)10-19(27-28)16-9-21(30-3)25-11-17(16)24/h6-12,18H,4-5H2,1-3H3,(H,26,29). The van der Waals surface area contributed by atoms with Crippen LogP contribution in [-0.2, 0) is 6.54 Å². The molecule has 1 aliphatic rings. The van der Waals surface area contributed by atoms with Crippen molar-refractivity contribution in [2.75, 3.05) is 7.11 Å². The molecule has 0 saturated carbocycles. The maximum absolute atomic E-state index is 14.3. The molecule has 156 valence electrons. The number of amides is 1. The lowest BCUT2D eigenvalue weighted by molar-refractivity contribution is 0.0936. The van der Waals surface area contributed by atoms with Gasteiger partial charge >= 0.3 is 0 Å². The Morgan fingerprint density at radius 3 is 2.77 bits per heavy atom. The van der Waals surface area contributed by atoms with Crippen LogP contribution in [0.2, 0.25) is 0 Å². The molecule has 30 heavy (non-hydrogen) atoms. The molecule has 3 aromatic rings. The number of rotatable bonds is 5. The molecule has 0 aliphatic carbocycles. The number of hydrogen-bond donors (Lipinski definition) is 1. The maximum atomic E-state index is 14.3. The van der Waals surface area contributed by atoms with Gasteiger partial charge in [0.25, 0.3) is 5.91 Å². The first-order valence-corrected chi connectivity index (χ1v) is 9.74. The lowest BCUT2D eigenvalue weighted by Crippen LogP contribution is -2.27. The number of aromatic nitrogens is 3. The van der Waals surface area contributed by atoms with E-state index in [0.717, 1.165) is 17.5 Å². The quantitative estimate of drug-likeness (QED) is 0.681. The summed E-state index contributed by atoms with van der Waals surface area (Å²) in [6.07, 6.45) is 1.75. The summed E-state index contributed by atoms with van der Waals surface area (Å²) < 4.78 is 35.0. The Morgan fingerprint density at radius 1 is 1.23 bits per heavy atom. The second kappa shape index (κ2) is 7.85. The van der Waals surface area contributed by atoms with Crippen molar-refractivity contribution < 1.29 is 18.3 Å². The van der Waals surface area contributed by atoms with E-state index in [9.17, 15) is 13.6 Å². The number of fused-ring (bicyclic) bond motifs is 1. The molecule has 6 nitrogen and oxygen atoms in total. The van der Waals surface area contributed by atoms with Gasteiger partial charge in [0.05, 0.1) is 30.7 Å². The second-order valence-corrected chi connectivity index (χ2v) is 7.63. The molecule has 1 amide bonds. The molecule has 8 heteroatoms. The minimum atomic E-state index is -0.505. The van der Waals surface area contributed by atoms with Crippen LogP contribution in [0.4, 0.5) is 8.78 Å². The molecule has 0 bridgehead atoms. The van der Waals surface area contributed by atoms with Crippen molar-refractivity contribution in [2.24, 2.45) is 0 Å². The van der Waals surface area contributed by atoms with E-state index in [4.69, 9.17) is 4.74 Å². The van der Waals surface area contributed by atoms with Crippen molar-refractivity contribution in [3.63, 3.8) is 0 Å². The largest absolute Gasteiger partial charge is 0.481 e. The number of pyridine rings is 1. The van der Waals surface area contributed by atoms with E-state index in [2.05, 4.69) is 15.4 Å². The Labute approximate surface area is 172 Å². The van der Waals surface area contributed by atoms with Crippen molar-refractivity contribution in [2.45, 2.75) is 38.8 Å². The summed E-state index contributed by atoms with van der Waals surface area (Å²) in [6.45, 7) is 4.48. The van der Waals surface area contributed by atoms with Crippen LogP contribution in [0.15, 0.2) is 36.5 Å². The highest BCUT2D eigenvalue weighted by Gasteiger charge is 2.28. The number of benzene rings is 1. The molecular formula is C22H22F2N4O2. The third kappa shape index (κ3) is 3.77. The molecule has 1 unspecified atom stereocenters. The highest BCUT2D eigenvalue weighted by Crippen LogP contribution is 2.32. The van der Waals surface area contributed by atoms with Gasteiger partial charge in [0.1, 0.15) is 5.82 Å². The van der Waals surface area contributed by atoms with E-state index in [1.54, 1.807) is 16.8 Å². The van der Waals surface area contributed by atoms with Gasteiger partial charge in [-0.25, -0.2) is 13.8 Å². The third-order valence-electron chi connectivity index (χ3n) is 5.27. The summed E-state index contributed by atoms with van der Waals surface area (Å²) in [4.78, 5) is 16.6. The average molecular weight is 412 g/mol. The molecule has 3 heterocycles. The van der Waals surface area contributed by atoms with E-state index in [0.29, 0.717) is 18.7 Å². The van der Waals surface area contributed by atoms with Gasteiger partial charge in [0.2, 0.25) is 5.88 Å². The minimum absolute atomic E-state index is 0.106. The number of ether oxygens (including phenoxy) is 1. The number of carbonyl (C=O) groups is 1. The predicted octanol–water partition coefficient (Wildman–Crippen LogP) is 4.23. The molecule has 4 rings (SSSR count). The molecule has 0 spiro atoms. The number of halogens is 2. The van der Waals surface area contributed by atoms with Crippen molar-refractivity contribution in [3.05, 3.63) is 65.0 Å². The van der Waals surface area contributed by atoms with Crippen molar-refractivity contribution in [3.8, 4) is 17.1 Å². The highest BCUT2D eigenvalue weighted by atomic mass is 19.1. The summed E-state index contributed by atoms with van der Waals surface area (Å²) in [6, 6.07) is 7.32. The van der Waals surface area contributed by atoms with E-state index in [1.807, 2.05) is 13.8 Å². The van der Waals surface area contributed by atoms with E-state index >= 15 is 0 Å². The first kappa shape index (κ1) is 20.0. The van der Waals surface area contributed by atoms with E-state index in [1.165, 1.54) is 25.3 Å². The SMILES string of the molecule is COc1cc(-c2cc3n(n2)CCC3NC(=O)c2cc(F)cc(C(C)C)c2)c(F)cn1. The monoisotopic (exact) mass is 412 g/mol. The third-order valence-corrected chi connectivity index (χ3v) is 5.27. The number of carbonyl (C=O) groups excluding carboxylic acids is 1. The fourth-order valence-electron chi connectivity index (χ4n) is 3.61. The van der Waals surface area contributed by atoms with Gasteiger partial charge in [-0.05, 0) is 42.2 Å².